The van der Waals surface area contributed by atoms with E-state index in [1.807, 2.05) is 25.1 Å². The van der Waals surface area contributed by atoms with E-state index in [-0.39, 0.29) is 36.3 Å². The molecule has 1 aromatic rings. The summed E-state index contributed by atoms with van der Waals surface area (Å²) in [6, 6.07) is 10.3. The molecule has 5 heteroatoms. The summed E-state index contributed by atoms with van der Waals surface area (Å²) < 4.78 is 23.7. The van der Waals surface area contributed by atoms with E-state index in [2.05, 4.69) is 26.0 Å². The molecule has 0 spiro atoms. The summed E-state index contributed by atoms with van der Waals surface area (Å²) in [7, 11) is 1.43. The molecule has 2 heterocycles. The van der Waals surface area contributed by atoms with Crippen LogP contribution in [-0.4, -0.2) is 43.6 Å². The van der Waals surface area contributed by atoms with Crippen molar-refractivity contribution in [2.24, 2.45) is 11.8 Å². The topological polar surface area (TPSA) is 54.0 Å². The second kappa shape index (κ2) is 10.6. The smallest absolute Gasteiger partial charge is 0.311 e. The van der Waals surface area contributed by atoms with Crippen LogP contribution in [0.3, 0.4) is 0 Å². The average Bonchev–Trinajstić information content (AvgIpc) is 3.39. The lowest BCUT2D eigenvalue weighted by atomic mass is 9.91. The van der Waals surface area contributed by atoms with Gasteiger partial charge in [0.2, 0.25) is 0 Å². The Hall–Kier alpha value is -1.43. The van der Waals surface area contributed by atoms with Crippen LogP contribution in [0, 0.1) is 11.8 Å². The standard InChI is InChI=1S/C24H36O5/c1-16-10-12-21(28-16)17(2)23(27-15-19-8-6-5-7-9-19)14-20-11-13-22(29-20)18(3)24(25)26-4/h5-9,16-18,20-23H,10-15H2,1-4H3/t16-,17+,18-,20+,21+,22-,23-/m1/s1. The molecule has 0 aliphatic carbocycles. The van der Waals surface area contributed by atoms with Crippen LogP contribution in [0.4, 0.5) is 0 Å². The molecule has 2 aliphatic rings. The minimum absolute atomic E-state index is 0.0580. The number of ether oxygens (including phenoxy) is 4. The molecule has 1 aromatic carbocycles. The lowest BCUT2D eigenvalue weighted by Gasteiger charge is -2.31. The molecular formula is C24H36O5. The van der Waals surface area contributed by atoms with Crippen LogP contribution in [0.15, 0.2) is 30.3 Å². The fourth-order valence-corrected chi connectivity index (χ4v) is 4.54. The fourth-order valence-electron chi connectivity index (χ4n) is 4.54. The van der Waals surface area contributed by atoms with E-state index in [0.717, 1.165) is 32.1 Å². The Balaban J connectivity index is 1.61. The van der Waals surface area contributed by atoms with E-state index in [0.29, 0.717) is 18.6 Å². The van der Waals surface area contributed by atoms with E-state index in [4.69, 9.17) is 18.9 Å². The van der Waals surface area contributed by atoms with Gasteiger partial charge < -0.3 is 18.9 Å². The molecule has 7 atom stereocenters. The van der Waals surface area contributed by atoms with Gasteiger partial charge in [-0.15, -0.1) is 0 Å². The van der Waals surface area contributed by atoms with Crippen LogP contribution < -0.4 is 0 Å². The monoisotopic (exact) mass is 404 g/mol. The van der Waals surface area contributed by atoms with Gasteiger partial charge in [-0.1, -0.05) is 37.3 Å². The maximum Gasteiger partial charge on any atom is 0.311 e. The van der Waals surface area contributed by atoms with Crippen molar-refractivity contribution in [3.8, 4) is 0 Å². The van der Waals surface area contributed by atoms with Gasteiger partial charge in [-0.25, -0.2) is 0 Å². The highest BCUT2D eigenvalue weighted by molar-refractivity contribution is 5.72. The minimum Gasteiger partial charge on any atom is -0.469 e. The van der Waals surface area contributed by atoms with Crippen LogP contribution in [0.1, 0.15) is 58.4 Å². The maximum atomic E-state index is 11.9. The van der Waals surface area contributed by atoms with Crippen molar-refractivity contribution in [3.05, 3.63) is 35.9 Å². The number of rotatable bonds is 9. The average molecular weight is 405 g/mol. The number of methoxy groups -OCH3 is 1. The summed E-state index contributed by atoms with van der Waals surface area (Å²) in [5, 5.41) is 0. The zero-order valence-electron chi connectivity index (χ0n) is 18.2. The highest BCUT2D eigenvalue weighted by Crippen LogP contribution is 2.34. The number of hydrogen-bond acceptors (Lipinski definition) is 5. The number of benzene rings is 1. The summed E-state index contributed by atoms with van der Waals surface area (Å²) >= 11 is 0. The second-order valence-corrected chi connectivity index (χ2v) is 8.68. The Kier molecular flexibility index (Phi) is 8.10. The molecule has 29 heavy (non-hydrogen) atoms. The molecule has 0 amide bonds. The quantitative estimate of drug-likeness (QED) is 0.566. The van der Waals surface area contributed by atoms with E-state index in [9.17, 15) is 4.79 Å². The molecule has 2 saturated heterocycles. The molecule has 2 fully saturated rings. The summed E-state index contributed by atoms with van der Waals surface area (Å²) in [4.78, 5) is 11.9. The van der Waals surface area contributed by atoms with E-state index >= 15 is 0 Å². The number of hydrogen-bond donors (Lipinski definition) is 0. The zero-order valence-corrected chi connectivity index (χ0v) is 18.2. The van der Waals surface area contributed by atoms with Crippen molar-refractivity contribution in [1.29, 1.82) is 0 Å². The fraction of sp³-hybridized carbons (Fsp3) is 0.708. The first-order chi connectivity index (χ1) is 14.0. The molecule has 0 radical (unpaired) electrons. The molecule has 0 unspecified atom stereocenters. The molecule has 0 aromatic heterocycles. The van der Waals surface area contributed by atoms with Crippen LogP contribution >= 0.6 is 0 Å². The molecule has 2 aliphatic heterocycles. The van der Waals surface area contributed by atoms with E-state index in [1.165, 1.54) is 12.7 Å². The van der Waals surface area contributed by atoms with E-state index in [1.54, 1.807) is 0 Å². The highest BCUT2D eigenvalue weighted by atomic mass is 16.5. The van der Waals surface area contributed by atoms with Gasteiger partial charge >= 0.3 is 5.97 Å². The normalized spacial score (nSPS) is 30.1. The number of carbonyl (C=O) groups is 1. The van der Waals surface area contributed by atoms with Gasteiger partial charge in [-0.3, -0.25) is 4.79 Å². The molecule has 5 nitrogen and oxygen atoms in total. The van der Waals surface area contributed by atoms with Crippen LogP contribution in [-0.2, 0) is 30.3 Å². The first kappa shape index (κ1) is 22.3. The summed E-state index contributed by atoms with van der Waals surface area (Å²) in [6.07, 6.45) is 5.51. The first-order valence-electron chi connectivity index (χ1n) is 11.0. The summed E-state index contributed by atoms with van der Waals surface area (Å²) in [5.74, 6) is -0.135. The Morgan fingerprint density at radius 1 is 1.07 bits per heavy atom. The largest absolute Gasteiger partial charge is 0.469 e. The molecule has 162 valence electrons. The molecule has 3 rings (SSSR count). The molecule has 0 saturated carbocycles. The lowest BCUT2D eigenvalue weighted by Crippen LogP contribution is -2.35. The summed E-state index contributed by atoms with van der Waals surface area (Å²) in [6.45, 7) is 6.86. The minimum atomic E-state index is -0.231. The van der Waals surface area contributed by atoms with Crippen molar-refractivity contribution in [2.75, 3.05) is 7.11 Å². The SMILES string of the molecule is COC(=O)[C@H](C)[C@H]1CC[C@@H](C[C@@H](OCc2ccccc2)[C@@H](C)[C@@H]2CC[C@@H](C)O2)O1. The van der Waals surface area contributed by atoms with Gasteiger partial charge in [0, 0.05) is 12.3 Å². The highest BCUT2D eigenvalue weighted by Gasteiger charge is 2.38. The van der Waals surface area contributed by atoms with Gasteiger partial charge in [-0.2, -0.15) is 0 Å². The Morgan fingerprint density at radius 3 is 2.45 bits per heavy atom. The Morgan fingerprint density at radius 2 is 1.79 bits per heavy atom. The number of carbonyl (C=O) groups excluding carboxylic acids is 1. The predicted octanol–water partition coefficient (Wildman–Crippen LogP) is 4.52. The van der Waals surface area contributed by atoms with Crippen molar-refractivity contribution < 1.29 is 23.7 Å². The predicted molar refractivity (Wildman–Crippen MR) is 111 cm³/mol. The molecular weight excluding hydrogens is 368 g/mol. The van der Waals surface area contributed by atoms with Crippen molar-refractivity contribution in [1.82, 2.24) is 0 Å². The van der Waals surface area contributed by atoms with Gasteiger partial charge in [0.25, 0.3) is 0 Å². The Labute approximate surface area is 175 Å². The van der Waals surface area contributed by atoms with Crippen molar-refractivity contribution in [3.63, 3.8) is 0 Å². The van der Waals surface area contributed by atoms with Gasteiger partial charge in [-0.05, 0) is 45.1 Å². The van der Waals surface area contributed by atoms with Gasteiger partial charge in [0.05, 0.1) is 50.2 Å². The third-order valence-electron chi connectivity index (χ3n) is 6.51. The maximum absolute atomic E-state index is 11.9. The third-order valence-corrected chi connectivity index (χ3v) is 6.51. The van der Waals surface area contributed by atoms with Crippen molar-refractivity contribution in [2.45, 2.75) is 90.0 Å². The second-order valence-electron chi connectivity index (χ2n) is 8.68. The van der Waals surface area contributed by atoms with Gasteiger partial charge in [0.1, 0.15) is 0 Å². The van der Waals surface area contributed by atoms with Crippen LogP contribution in [0.25, 0.3) is 0 Å². The first-order valence-corrected chi connectivity index (χ1v) is 11.0. The number of esters is 1. The van der Waals surface area contributed by atoms with Crippen LogP contribution in [0.2, 0.25) is 0 Å². The van der Waals surface area contributed by atoms with Crippen LogP contribution in [0.5, 0.6) is 0 Å². The molecule has 0 N–H and O–H groups in total. The zero-order chi connectivity index (χ0) is 20.8. The molecule has 0 bridgehead atoms. The van der Waals surface area contributed by atoms with Gasteiger partial charge in [0.15, 0.2) is 0 Å². The lowest BCUT2D eigenvalue weighted by molar-refractivity contribution is -0.150. The summed E-state index contributed by atoms with van der Waals surface area (Å²) in [5.41, 5.74) is 1.18. The Bertz CT molecular complexity index is 633. The van der Waals surface area contributed by atoms with E-state index < -0.39 is 0 Å². The third kappa shape index (κ3) is 6.03. The van der Waals surface area contributed by atoms with Crippen molar-refractivity contribution >= 4 is 5.97 Å².